The van der Waals surface area contributed by atoms with Crippen LogP contribution >= 0.6 is 11.6 Å². The second-order valence-electron chi connectivity index (χ2n) is 5.54. The molecule has 0 aliphatic heterocycles. The molecule has 0 unspecified atom stereocenters. The number of rotatable bonds is 5. The molecule has 0 spiro atoms. The highest BCUT2D eigenvalue weighted by molar-refractivity contribution is 6.31. The lowest BCUT2D eigenvalue weighted by molar-refractivity contribution is 0.744. The molecule has 1 N–H and O–H groups in total. The zero-order valence-electron chi connectivity index (χ0n) is 13.3. The van der Waals surface area contributed by atoms with Gasteiger partial charge in [0.2, 0.25) is 0 Å². The van der Waals surface area contributed by atoms with Crippen LogP contribution in [0, 0.1) is 18.3 Å². The topological polar surface area (TPSA) is 53.1 Å². The number of nitriles is 1. The number of nitrogens with zero attached hydrogens (tertiary/aromatic N) is 3. The molecule has 1 heterocycles. The van der Waals surface area contributed by atoms with E-state index in [1.807, 2.05) is 43.5 Å². The van der Waals surface area contributed by atoms with Crippen LogP contribution in [0.2, 0.25) is 5.02 Å². The maximum atomic E-state index is 8.81. The van der Waals surface area contributed by atoms with Crippen molar-refractivity contribution >= 4 is 34.4 Å². The van der Waals surface area contributed by atoms with Crippen molar-refractivity contribution < 1.29 is 0 Å². The minimum Gasteiger partial charge on any atom is -0.346 e. The highest BCUT2D eigenvalue weighted by Crippen LogP contribution is 2.21. The Bertz CT molecular complexity index is 934. The monoisotopic (exact) mass is 336 g/mol. The average Bonchev–Trinajstić information content (AvgIpc) is 2.94. The number of anilines is 1. The molecule has 5 heteroatoms. The van der Waals surface area contributed by atoms with E-state index in [1.165, 1.54) is 0 Å². The molecule has 1 aromatic heterocycles. The van der Waals surface area contributed by atoms with Crippen LogP contribution in [0.5, 0.6) is 0 Å². The van der Waals surface area contributed by atoms with Crippen molar-refractivity contribution in [2.24, 2.45) is 5.10 Å². The molecule has 0 amide bonds. The Balaban J connectivity index is 1.84. The number of aromatic nitrogens is 1. The zero-order chi connectivity index (χ0) is 16.9. The van der Waals surface area contributed by atoms with Crippen molar-refractivity contribution in [3.05, 3.63) is 64.8 Å². The first-order chi connectivity index (χ1) is 11.7. The molecule has 2 aromatic carbocycles. The molecule has 0 aliphatic rings. The number of halogens is 1. The summed E-state index contributed by atoms with van der Waals surface area (Å²) in [5, 5.41) is 14.9. The molecular formula is C19H17ClN4. The van der Waals surface area contributed by atoms with Gasteiger partial charge >= 0.3 is 0 Å². The lowest BCUT2D eigenvalue weighted by Crippen LogP contribution is -1.94. The van der Waals surface area contributed by atoms with E-state index >= 15 is 0 Å². The lowest BCUT2D eigenvalue weighted by Gasteiger charge is -2.02. The van der Waals surface area contributed by atoms with Crippen molar-refractivity contribution in [1.82, 2.24) is 4.57 Å². The van der Waals surface area contributed by atoms with Gasteiger partial charge in [0.25, 0.3) is 0 Å². The number of benzene rings is 2. The molecule has 3 aromatic rings. The van der Waals surface area contributed by atoms with Gasteiger partial charge in [0, 0.05) is 34.2 Å². The number of aryl methyl sites for hydroxylation is 2. The maximum absolute atomic E-state index is 8.81. The van der Waals surface area contributed by atoms with E-state index in [9.17, 15) is 0 Å². The van der Waals surface area contributed by atoms with Crippen LogP contribution in [0.3, 0.4) is 0 Å². The van der Waals surface area contributed by atoms with Crippen LogP contribution in [0.15, 0.2) is 53.8 Å². The molecule has 3 rings (SSSR count). The number of fused-ring (bicyclic) bond motifs is 1. The molecule has 0 bridgehead atoms. The van der Waals surface area contributed by atoms with Crippen molar-refractivity contribution in [1.29, 1.82) is 5.26 Å². The fourth-order valence-electron chi connectivity index (χ4n) is 2.57. The Labute approximate surface area is 146 Å². The summed E-state index contributed by atoms with van der Waals surface area (Å²) in [5.41, 5.74) is 6.99. The van der Waals surface area contributed by atoms with Gasteiger partial charge < -0.3 is 4.57 Å². The predicted octanol–water partition coefficient (Wildman–Crippen LogP) is 4.96. The van der Waals surface area contributed by atoms with Crippen molar-refractivity contribution in [3.8, 4) is 6.07 Å². The Morgan fingerprint density at radius 2 is 2.12 bits per heavy atom. The van der Waals surface area contributed by atoms with Gasteiger partial charge in [-0.2, -0.15) is 10.4 Å². The largest absolute Gasteiger partial charge is 0.346 e. The number of para-hydroxylation sites is 1. The summed E-state index contributed by atoms with van der Waals surface area (Å²) < 4.78 is 2.09. The van der Waals surface area contributed by atoms with Gasteiger partial charge in [-0.1, -0.05) is 35.9 Å². The zero-order valence-corrected chi connectivity index (χ0v) is 14.1. The van der Waals surface area contributed by atoms with E-state index in [1.54, 1.807) is 6.21 Å². The highest BCUT2D eigenvalue weighted by atomic mass is 35.5. The smallest absolute Gasteiger partial charge is 0.0640 e. The van der Waals surface area contributed by atoms with Gasteiger partial charge in [-0.25, -0.2) is 0 Å². The second-order valence-corrected chi connectivity index (χ2v) is 5.94. The van der Waals surface area contributed by atoms with Gasteiger partial charge in [-0.05, 0) is 30.7 Å². The quantitative estimate of drug-likeness (QED) is 0.528. The van der Waals surface area contributed by atoms with Crippen molar-refractivity contribution in [3.63, 3.8) is 0 Å². The average molecular weight is 337 g/mol. The third-order valence-corrected chi connectivity index (χ3v) is 4.26. The Morgan fingerprint density at radius 1 is 1.29 bits per heavy atom. The van der Waals surface area contributed by atoms with Gasteiger partial charge in [-0.3, -0.25) is 5.43 Å². The van der Waals surface area contributed by atoms with Crippen LogP contribution in [0.25, 0.3) is 10.9 Å². The van der Waals surface area contributed by atoms with E-state index < -0.39 is 0 Å². The summed E-state index contributed by atoms with van der Waals surface area (Å²) >= 11 is 6.12. The fourth-order valence-corrected chi connectivity index (χ4v) is 2.75. The summed E-state index contributed by atoms with van der Waals surface area (Å²) in [6.45, 7) is 2.64. The first-order valence-electron chi connectivity index (χ1n) is 7.69. The highest BCUT2D eigenvalue weighted by Gasteiger charge is 2.06. The van der Waals surface area contributed by atoms with Crippen molar-refractivity contribution in [2.75, 3.05) is 5.43 Å². The Kier molecular flexibility index (Phi) is 4.83. The first kappa shape index (κ1) is 16.1. The number of nitrogens with one attached hydrogen (secondary N) is 1. The van der Waals surface area contributed by atoms with E-state index in [0.29, 0.717) is 18.0 Å². The molecular weight excluding hydrogens is 320 g/mol. The predicted molar refractivity (Wildman–Crippen MR) is 99.6 cm³/mol. The number of hydrogen-bond acceptors (Lipinski definition) is 3. The minimum absolute atomic E-state index is 0.482. The number of hydrazone groups is 1. The molecule has 4 nitrogen and oxygen atoms in total. The van der Waals surface area contributed by atoms with Crippen LogP contribution in [0.4, 0.5) is 5.69 Å². The molecule has 24 heavy (non-hydrogen) atoms. The first-order valence-corrected chi connectivity index (χ1v) is 8.07. The molecule has 0 radical (unpaired) electrons. The Morgan fingerprint density at radius 3 is 2.92 bits per heavy atom. The molecule has 0 saturated carbocycles. The summed E-state index contributed by atoms with van der Waals surface area (Å²) in [4.78, 5) is 0. The SMILES string of the molecule is Cc1ccc(N/N=C\c2cn(CCC#N)c3ccccc23)cc1Cl. The normalized spacial score (nSPS) is 11.0. The van der Waals surface area contributed by atoms with Gasteiger partial charge in [0.15, 0.2) is 0 Å². The maximum Gasteiger partial charge on any atom is 0.0640 e. The van der Waals surface area contributed by atoms with Crippen LogP contribution in [-0.2, 0) is 6.54 Å². The number of hydrogen-bond donors (Lipinski definition) is 1. The Hall–Kier alpha value is -2.77. The third kappa shape index (κ3) is 3.42. The van der Waals surface area contributed by atoms with Gasteiger partial charge in [0.1, 0.15) is 0 Å². The van der Waals surface area contributed by atoms with E-state index in [4.69, 9.17) is 16.9 Å². The van der Waals surface area contributed by atoms with Crippen LogP contribution < -0.4 is 5.43 Å². The molecule has 0 saturated heterocycles. The minimum atomic E-state index is 0.482. The van der Waals surface area contributed by atoms with Gasteiger partial charge in [0.05, 0.1) is 24.4 Å². The molecule has 120 valence electrons. The molecule has 0 fully saturated rings. The lowest BCUT2D eigenvalue weighted by atomic mass is 10.2. The van der Waals surface area contributed by atoms with Gasteiger partial charge in [-0.15, -0.1) is 0 Å². The van der Waals surface area contributed by atoms with E-state index in [2.05, 4.69) is 33.3 Å². The van der Waals surface area contributed by atoms with E-state index in [0.717, 1.165) is 27.7 Å². The standard InChI is InChI=1S/C19H17ClN4/c1-14-7-8-16(11-18(14)20)23-22-12-15-13-24(10-4-9-21)19-6-3-2-5-17(15)19/h2-3,5-8,11-13,23H,4,10H2,1H3/b22-12-. The summed E-state index contributed by atoms with van der Waals surface area (Å²) in [6, 6.07) is 16.0. The fraction of sp³-hybridized carbons (Fsp3) is 0.158. The summed E-state index contributed by atoms with van der Waals surface area (Å²) in [6.07, 6.45) is 4.30. The molecule has 0 aliphatic carbocycles. The summed E-state index contributed by atoms with van der Waals surface area (Å²) in [7, 11) is 0. The van der Waals surface area contributed by atoms with Crippen molar-refractivity contribution in [2.45, 2.75) is 19.9 Å². The third-order valence-electron chi connectivity index (χ3n) is 3.85. The van der Waals surface area contributed by atoms with Crippen LogP contribution in [-0.4, -0.2) is 10.8 Å². The second kappa shape index (κ2) is 7.20. The van der Waals surface area contributed by atoms with Crippen LogP contribution in [0.1, 0.15) is 17.5 Å². The molecule has 0 atom stereocenters. The summed E-state index contributed by atoms with van der Waals surface area (Å²) in [5.74, 6) is 0. The van der Waals surface area contributed by atoms with E-state index in [-0.39, 0.29) is 0 Å².